The van der Waals surface area contributed by atoms with E-state index in [1.807, 2.05) is 6.92 Å². The number of anilines is 1. The lowest BCUT2D eigenvalue weighted by atomic mass is 10.0. The van der Waals surface area contributed by atoms with Gasteiger partial charge in [0, 0.05) is 17.9 Å². The number of pyridine rings is 2. The van der Waals surface area contributed by atoms with Crippen LogP contribution in [0.3, 0.4) is 0 Å². The van der Waals surface area contributed by atoms with E-state index in [9.17, 15) is 27.9 Å². The molecule has 186 valence electrons. The topological polar surface area (TPSA) is 109 Å². The molecule has 0 radical (unpaired) electrons. The molecule has 4 rings (SSSR count). The van der Waals surface area contributed by atoms with Crippen LogP contribution in [0.15, 0.2) is 36.7 Å². The lowest BCUT2D eigenvalue weighted by Gasteiger charge is -2.15. The number of nitrogens with zero attached hydrogens (tertiary/aromatic N) is 3. The maximum Gasteiger partial charge on any atom is 0.433 e. The molecule has 8 nitrogen and oxygen atoms in total. The Labute approximate surface area is 199 Å². The van der Waals surface area contributed by atoms with Gasteiger partial charge in [0.25, 0.3) is 11.8 Å². The molecule has 3 N–H and O–H groups in total. The fourth-order valence-electron chi connectivity index (χ4n) is 3.49. The first kappa shape index (κ1) is 24.6. The van der Waals surface area contributed by atoms with Crippen LogP contribution < -0.4 is 10.6 Å². The zero-order valence-electron chi connectivity index (χ0n) is 19.5. The molecule has 35 heavy (non-hydrogen) atoms. The van der Waals surface area contributed by atoms with Crippen molar-refractivity contribution in [2.75, 3.05) is 5.32 Å². The minimum atomic E-state index is -4.70. The minimum Gasteiger partial charge on any atom is -0.390 e. The van der Waals surface area contributed by atoms with Gasteiger partial charge in [-0.2, -0.15) is 13.2 Å². The van der Waals surface area contributed by atoms with Crippen molar-refractivity contribution in [3.8, 4) is 0 Å². The Balaban J connectivity index is 1.67. The van der Waals surface area contributed by atoms with E-state index in [2.05, 4.69) is 20.6 Å². The molecular weight excluding hydrogens is 463 g/mol. The second-order valence-corrected chi connectivity index (χ2v) is 9.79. The maximum atomic E-state index is 13.0. The highest BCUT2D eigenvalue weighted by Gasteiger charge is 2.39. The summed E-state index contributed by atoms with van der Waals surface area (Å²) >= 11 is 0. The maximum absolute atomic E-state index is 13.0. The molecule has 0 aromatic carbocycles. The van der Waals surface area contributed by atoms with Gasteiger partial charge >= 0.3 is 6.18 Å². The second kappa shape index (κ2) is 8.63. The summed E-state index contributed by atoms with van der Waals surface area (Å²) in [5.74, 6) is -1.31. The van der Waals surface area contributed by atoms with E-state index in [0.29, 0.717) is 24.2 Å². The molecule has 0 atom stereocenters. The number of halogens is 3. The first-order valence-corrected chi connectivity index (χ1v) is 11.1. The van der Waals surface area contributed by atoms with E-state index in [4.69, 9.17) is 0 Å². The van der Waals surface area contributed by atoms with E-state index in [-0.39, 0.29) is 16.8 Å². The van der Waals surface area contributed by atoms with E-state index in [1.165, 1.54) is 18.3 Å². The Morgan fingerprint density at radius 1 is 1.14 bits per heavy atom. The molecule has 3 heterocycles. The number of alkyl halides is 3. The van der Waals surface area contributed by atoms with Crippen molar-refractivity contribution in [3.05, 3.63) is 59.3 Å². The number of fused-ring (bicyclic) bond motifs is 1. The monoisotopic (exact) mass is 489 g/mol. The van der Waals surface area contributed by atoms with Gasteiger partial charge in [0.05, 0.1) is 22.5 Å². The van der Waals surface area contributed by atoms with E-state index in [1.54, 1.807) is 24.4 Å². The summed E-state index contributed by atoms with van der Waals surface area (Å²) in [4.78, 5) is 33.8. The van der Waals surface area contributed by atoms with Crippen LogP contribution >= 0.6 is 0 Å². The van der Waals surface area contributed by atoms with Gasteiger partial charge in [-0.05, 0) is 64.7 Å². The van der Waals surface area contributed by atoms with Gasteiger partial charge < -0.3 is 20.1 Å². The molecular formula is C24H26F3N5O3. The summed E-state index contributed by atoms with van der Waals surface area (Å²) in [5, 5.41) is 15.4. The Kier molecular flexibility index (Phi) is 6.08. The van der Waals surface area contributed by atoms with Crippen LogP contribution in [0.1, 0.15) is 72.3 Å². The number of rotatable bonds is 7. The van der Waals surface area contributed by atoms with Gasteiger partial charge in [0.15, 0.2) is 0 Å². The lowest BCUT2D eigenvalue weighted by Crippen LogP contribution is -2.35. The molecule has 3 aromatic heterocycles. The highest BCUT2D eigenvalue weighted by Crippen LogP contribution is 2.35. The quantitative estimate of drug-likeness (QED) is 0.465. The lowest BCUT2D eigenvalue weighted by molar-refractivity contribution is -0.141. The van der Waals surface area contributed by atoms with Crippen LogP contribution in [0.4, 0.5) is 18.9 Å². The van der Waals surface area contributed by atoms with Crippen molar-refractivity contribution < 1.29 is 27.9 Å². The Bertz CT molecular complexity index is 1290. The second-order valence-electron chi connectivity index (χ2n) is 9.79. The molecule has 3 aromatic rings. The van der Waals surface area contributed by atoms with E-state index in [0.717, 1.165) is 25.0 Å². The number of amides is 2. The molecule has 1 aliphatic rings. The van der Waals surface area contributed by atoms with E-state index < -0.39 is 35.0 Å². The summed E-state index contributed by atoms with van der Waals surface area (Å²) in [5.41, 5.74) is -1.46. The van der Waals surface area contributed by atoms with Crippen LogP contribution in [0.25, 0.3) is 5.65 Å². The molecule has 11 heteroatoms. The summed E-state index contributed by atoms with van der Waals surface area (Å²) in [6, 6.07) is 4.56. The van der Waals surface area contributed by atoms with Gasteiger partial charge in [-0.25, -0.2) is 9.97 Å². The van der Waals surface area contributed by atoms with Crippen LogP contribution in [-0.2, 0) is 12.6 Å². The number of nitrogens with one attached hydrogen (secondary N) is 2. The molecule has 0 unspecified atom stereocenters. The number of aromatic nitrogens is 3. The standard InChI is InChI=1S/C24H26F3N5O3/c1-22(2,35)8-7-14-12-32-13-17(15(11-19(32)28-14)20(33)31-23(3)9-10-23)30-21(34)16-5-4-6-18(29-16)24(25,26)27/h4-6,11-13,35H,7-10H2,1-3H3,(H,30,34)(H,31,33). The molecule has 2 amide bonds. The Hall–Kier alpha value is -3.47. The SMILES string of the molecule is CC(C)(O)CCc1cn2cc(NC(=O)c3cccc(C(F)(F)F)n3)c(C(=O)NC3(C)CC3)cc2n1. The van der Waals surface area contributed by atoms with Crippen LogP contribution in [0.2, 0.25) is 0 Å². The average Bonchev–Trinajstić information content (AvgIpc) is 3.34. The van der Waals surface area contributed by atoms with Gasteiger partial charge in [-0.3, -0.25) is 9.59 Å². The van der Waals surface area contributed by atoms with Crippen molar-refractivity contribution in [2.45, 2.75) is 63.8 Å². The van der Waals surface area contributed by atoms with Gasteiger partial charge in [0.2, 0.25) is 0 Å². The van der Waals surface area contributed by atoms with Crippen LogP contribution in [0, 0.1) is 0 Å². The van der Waals surface area contributed by atoms with Crippen molar-refractivity contribution in [1.29, 1.82) is 0 Å². The third-order valence-electron chi connectivity index (χ3n) is 5.82. The smallest absolute Gasteiger partial charge is 0.390 e. The number of carbonyl (C=O) groups is 2. The van der Waals surface area contributed by atoms with Crippen molar-refractivity contribution in [3.63, 3.8) is 0 Å². The van der Waals surface area contributed by atoms with Gasteiger partial charge in [-0.15, -0.1) is 0 Å². The first-order valence-electron chi connectivity index (χ1n) is 11.1. The number of hydrogen-bond acceptors (Lipinski definition) is 5. The summed E-state index contributed by atoms with van der Waals surface area (Å²) < 4.78 is 40.7. The van der Waals surface area contributed by atoms with E-state index >= 15 is 0 Å². The number of imidazole rings is 1. The minimum absolute atomic E-state index is 0.106. The zero-order chi connectivity index (χ0) is 25.6. The molecule has 1 saturated carbocycles. The molecule has 0 saturated heterocycles. The average molecular weight is 489 g/mol. The number of aliphatic hydroxyl groups is 1. The number of hydrogen-bond donors (Lipinski definition) is 3. The first-order chi connectivity index (χ1) is 16.2. The fraction of sp³-hybridized carbons (Fsp3) is 0.417. The molecule has 1 fully saturated rings. The van der Waals surface area contributed by atoms with Crippen molar-refractivity contribution >= 4 is 23.1 Å². The van der Waals surface area contributed by atoms with Crippen molar-refractivity contribution in [2.24, 2.45) is 0 Å². The molecule has 1 aliphatic carbocycles. The third kappa shape index (κ3) is 5.97. The normalized spacial score (nSPS) is 15.2. The van der Waals surface area contributed by atoms with Gasteiger partial charge in [0.1, 0.15) is 17.0 Å². The van der Waals surface area contributed by atoms with Crippen molar-refractivity contribution in [1.82, 2.24) is 19.7 Å². The zero-order valence-corrected chi connectivity index (χ0v) is 19.5. The Morgan fingerprint density at radius 2 is 1.86 bits per heavy atom. The molecule has 0 bridgehead atoms. The fourth-order valence-corrected chi connectivity index (χ4v) is 3.49. The molecule has 0 spiro atoms. The Morgan fingerprint density at radius 3 is 2.49 bits per heavy atom. The highest BCUT2D eigenvalue weighted by molar-refractivity contribution is 6.08. The largest absolute Gasteiger partial charge is 0.433 e. The summed E-state index contributed by atoms with van der Waals surface area (Å²) in [7, 11) is 0. The van der Waals surface area contributed by atoms with Crippen LogP contribution in [0.5, 0.6) is 0 Å². The number of carbonyl (C=O) groups excluding carboxylic acids is 2. The highest BCUT2D eigenvalue weighted by atomic mass is 19.4. The predicted molar refractivity (Wildman–Crippen MR) is 122 cm³/mol. The predicted octanol–water partition coefficient (Wildman–Crippen LogP) is 3.99. The summed E-state index contributed by atoms with van der Waals surface area (Å²) in [6.07, 6.45) is 1.10. The summed E-state index contributed by atoms with van der Waals surface area (Å²) in [6.45, 7) is 5.29. The van der Waals surface area contributed by atoms with Gasteiger partial charge in [-0.1, -0.05) is 6.07 Å². The number of aryl methyl sites for hydroxylation is 1. The van der Waals surface area contributed by atoms with Crippen LogP contribution in [-0.4, -0.2) is 42.4 Å². The third-order valence-corrected chi connectivity index (χ3v) is 5.82. The molecule has 0 aliphatic heterocycles.